The van der Waals surface area contributed by atoms with E-state index in [9.17, 15) is 9.50 Å². The zero-order valence-corrected chi connectivity index (χ0v) is 12.7. The molecule has 0 bridgehead atoms. The number of aromatic nitrogens is 2. The number of phenolic OH excluding ortho intramolecular Hbond substituents is 1. The van der Waals surface area contributed by atoms with Crippen LogP contribution in [-0.4, -0.2) is 15.2 Å². The second-order valence-electron chi connectivity index (χ2n) is 4.22. The van der Waals surface area contributed by atoms with E-state index in [2.05, 4.69) is 26.1 Å². The monoisotopic (exact) mass is 368 g/mol. The van der Waals surface area contributed by atoms with E-state index < -0.39 is 0 Å². The van der Waals surface area contributed by atoms with Gasteiger partial charge in [0.15, 0.2) is 0 Å². The molecule has 3 aromatic rings. The molecule has 2 aromatic carbocycles. The number of benzene rings is 2. The molecule has 0 aliphatic heterocycles. The Labute approximate surface area is 132 Å². The normalized spacial score (nSPS) is 10.8. The predicted molar refractivity (Wildman–Crippen MR) is 79.5 cm³/mol. The number of hydrogen-bond donors (Lipinski definition) is 1. The lowest BCUT2D eigenvalue weighted by atomic mass is 10.2. The Morgan fingerprint density at radius 2 is 1.90 bits per heavy atom. The molecule has 0 atom stereocenters. The molecular formula is C14H7BrClFN2O2. The van der Waals surface area contributed by atoms with Crippen molar-refractivity contribution in [3.8, 4) is 28.6 Å². The van der Waals surface area contributed by atoms with Crippen molar-refractivity contribution >= 4 is 27.5 Å². The van der Waals surface area contributed by atoms with E-state index in [0.717, 1.165) is 0 Å². The topological polar surface area (TPSA) is 59.2 Å². The second kappa shape index (κ2) is 5.46. The molecule has 21 heavy (non-hydrogen) atoms. The number of phenols is 1. The Bertz CT molecular complexity index is 756. The van der Waals surface area contributed by atoms with E-state index in [-0.39, 0.29) is 22.5 Å². The molecule has 0 fully saturated rings. The van der Waals surface area contributed by atoms with Crippen molar-refractivity contribution in [3.63, 3.8) is 0 Å². The van der Waals surface area contributed by atoms with E-state index >= 15 is 0 Å². The third-order valence-corrected chi connectivity index (χ3v) is 3.71. The van der Waals surface area contributed by atoms with Crippen molar-refractivity contribution in [2.75, 3.05) is 0 Å². The largest absolute Gasteiger partial charge is 0.506 e. The third-order valence-electron chi connectivity index (χ3n) is 2.80. The number of nitrogens with zero attached hydrogens (tertiary/aromatic N) is 2. The molecule has 0 aliphatic rings. The fourth-order valence-corrected chi connectivity index (χ4v) is 2.29. The van der Waals surface area contributed by atoms with Gasteiger partial charge in [-0.2, -0.15) is 4.98 Å². The first-order chi connectivity index (χ1) is 10.0. The molecule has 1 N–H and O–H groups in total. The number of halogens is 3. The van der Waals surface area contributed by atoms with Gasteiger partial charge in [-0.25, -0.2) is 4.39 Å². The summed E-state index contributed by atoms with van der Waals surface area (Å²) in [6, 6.07) is 9.00. The summed E-state index contributed by atoms with van der Waals surface area (Å²) >= 11 is 8.94. The minimum absolute atomic E-state index is 0.0254. The van der Waals surface area contributed by atoms with Crippen LogP contribution in [0.1, 0.15) is 0 Å². The highest BCUT2D eigenvalue weighted by atomic mass is 79.9. The van der Waals surface area contributed by atoms with E-state index in [0.29, 0.717) is 21.4 Å². The van der Waals surface area contributed by atoms with Crippen LogP contribution in [0.15, 0.2) is 45.4 Å². The second-order valence-corrected chi connectivity index (χ2v) is 5.48. The van der Waals surface area contributed by atoms with Crippen LogP contribution in [0.2, 0.25) is 5.02 Å². The van der Waals surface area contributed by atoms with Gasteiger partial charge < -0.3 is 9.63 Å². The molecule has 1 heterocycles. The van der Waals surface area contributed by atoms with Gasteiger partial charge in [-0.05, 0) is 52.3 Å². The Balaban J connectivity index is 1.99. The van der Waals surface area contributed by atoms with Gasteiger partial charge in [-0.3, -0.25) is 0 Å². The summed E-state index contributed by atoms with van der Waals surface area (Å²) in [7, 11) is 0. The Morgan fingerprint density at radius 3 is 2.62 bits per heavy atom. The van der Waals surface area contributed by atoms with E-state index in [1.54, 1.807) is 18.2 Å². The fourth-order valence-electron chi connectivity index (χ4n) is 1.73. The molecule has 3 rings (SSSR count). The SMILES string of the molecule is Oc1ccc(-c2nc(-c3ccc(F)c(Br)c3)no2)cc1Cl. The number of aromatic hydroxyl groups is 1. The van der Waals surface area contributed by atoms with Gasteiger partial charge in [-0.1, -0.05) is 16.8 Å². The van der Waals surface area contributed by atoms with Crippen LogP contribution >= 0.6 is 27.5 Å². The molecule has 0 saturated carbocycles. The summed E-state index contributed by atoms with van der Waals surface area (Å²) in [5, 5.41) is 13.4. The maximum absolute atomic E-state index is 13.2. The first kappa shape index (κ1) is 14.0. The minimum atomic E-state index is -0.368. The fraction of sp³-hybridized carbons (Fsp3) is 0. The summed E-state index contributed by atoms with van der Waals surface area (Å²) in [4.78, 5) is 4.23. The first-order valence-electron chi connectivity index (χ1n) is 5.82. The maximum atomic E-state index is 13.2. The highest BCUT2D eigenvalue weighted by molar-refractivity contribution is 9.10. The lowest BCUT2D eigenvalue weighted by Crippen LogP contribution is -1.84. The molecule has 0 saturated heterocycles. The number of hydrogen-bond acceptors (Lipinski definition) is 4. The Morgan fingerprint density at radius 1 is 1.14 bits per heavy atom. The lowest BCUT2D eigenvalue weighted by molar-refractivity contribution is 0.432. The Hall–Kier alpha value is -1.92. The standard InChI is InChI=1S/C14H7BrClFN2O2/c15-9-5-7(1-3-11(9)17)13-18-14(21-19-13)8-2-4-12(20)10(16)6-8/h1-6,20H. The lowest BCUT2D eigenvalue weighted by Gasteiger charge is -1.98. The van der Waals surface area contributed by atoms with E-state index in [4.69, 9.17) is 16.1 Å². The zero-order valence-electron chi connectivity index (χ0n) is 10.3. The molecule has 0 aliphatic carbocycles. The van der Waals surface area contributed by atoms with Crippen LogP contribution < -0.4 is 0 Å². The highest BCUT2D eigenvalue weighted by Crippen LogP contribution is 2.30. The van der Waals surface area contributed by atoms with Crippen molar-refractivity contribution in [1.29, 1.82) is 0 Å². The minimum Gasteiger partial charge on any atom is -0.506 e. The third kappa shape index (κ3) is 2.77. The van der Waals surface area contributed by atoms with Crippen LogP contribution in [-0.2, 0) is 0 Å². The molecule has 4 nitrogen and oxygen atoms in total. The summed E-state index contributed by atoms with van der Waals surface area (Å²) in [5.41, 5.74) is 1.20. The van der Waals surface area contributed by atoms with E-state index in [1.807, 2.05) is 0 Å². The van der Waals surface area contributed by atoms with Crippen LogP contribution in [0, 0.1) is 5.82 Å². The average Bonchev–Trinajstić information content (AvgIpc) is 2.94. The molecular weight excluding hydrogens is 363 g/mol. The molecule has 106 valence electrons. The van der Waals surface area contributed by atoms with Crippen molar-refractivity contribution in [2.45, 2.75) is 0 Å². The van der Waals surface area contributed by atoms with E-state index in [1.165, 1.54) is 18.2 Å². The molecule has 0 amide bonds. The summed E-state index contributed by atoms with van der Waals surface area (Å²) < 4.78 is 18.7. The average molecular weight is 370 g/mol. The highest BCUT2D eigenvalue weighted by Gasteiger charge is 2.13. The summed E-state index contributed by atoms with van der Waals surface area (Å²) in [5.74, 6) is 0.192. The van der Waals surface area contributed by atoms with Crippen molar-refractivity contribution in [1.82, 2.24) is 10.1 Å². The quantitative estimate of drug-likeness (QED) is 0.713. The molecule has 7 heteroatoms. The molecule has 0 spiro atoms. The summed E-state index contributed by atoms with van der Waals surface area (Å²) in [6.45, 7) is 0. The van der Waals surface area contributed by atoms with Crippen LogP contribution in [0.5, 0.6) is 5.75 Å². The maximum Gasteiger partial charge on any atom is 0.258 e. The molecule has 0 unspecified atom stereocenters. The van der Waals surface area contributed by atoms with Gasteiger partial charge in [0.05, 0.1) is 9.50 Å². The number of rotatable bonds is 2. The van der Waals surface area contributed by atoms with Gasteiger partial charge >= 0.3 is 0 Å². The van der Waals surface area contributed by atoms with Gasteiger partial charge in [-0.15, -0.1) is 0 Å². The van der Waals surface area contributed by atoms with Gasteiger partial charge in [0.2, 0.25) is 5.82 Å². The molecule has 1 aromatic heterocycles. The smallest absolute Gasteiger partial charge is 0.258 e. The van der Waals surface area contributed by atoms with Crippen LogP contribution in [0.3, 0.4) is 0 Å². The van der Waals surface area contributed by atoms with Gasteiger partial charge in [0.1, 0.15) is 11.6 Å². The van der Waals surface area contributed by atoms with Crippen molar-refractivity contribution < 1.29 is 14.0 Å². The molecule has 0 radical (unpaired) electrons. The summed E-state index contributed by atoms with van der Waals surface area (Å²) in [6.07, 6.45) is 0. The Kier molecular flexibility index (Phi) is 3.65. The predicted octanol–water partition coefficient (Wildman–Crippen LogP) is 4.66. The van der Waals surface area contributed by atoms with Crippen LogP contribution in [0.25, 0.3) is 22.8 Å². The van der Waals surface area contributed by atoms with Gasteiger partial charge in [0, 0.05) is 11.1 Å². The van der Waals surface area contributed by atoms with Crippen LogP contribution in [0.4, 0.5) is 4.39 Å². The van der Waals surface area contributed by atoms with Crippen molar-refractivity contribution in [3.05, 3.63) is 51.7 Å². The van der Waals surface area contributed by atoms with Crippen molar-refractivity contribution in [2.24, 2.45) is 0 Å². The first-order valence-corrected chi connectivity index (χ1v) is 7.00. The zero-order chi connectivity index (χ0) is 15.0. The van der Waals surface area contributed by atoms with Gasteiger partial charge in [0.25, 0.3) is 5.89 Å².